The number of carbonyl (C=O) groups excluding carboxylic acids is 1. The molecule has 2 amide bonds. The molecule has 2 aromatic carbocycles. The molecule has 0 unspecified atom stereocenters. The first kappa shape index (κ1) is 19.8. The summed E-state index contributed by atoms with van der Waals surface area (Å²) >= 11 is 6.26. The largest absolute Gasteiger partial charge is 0.335 e. The summed E-state index contributed by atoms with van der Waals surface area (Å²) in [5.74, 6) is -0.0833. The molecule has 9 heteroatoms. The van der Waals surface area contributed by atoms with Gasteiger partial charge in [-0.15, -0.1) is 0 Å². The molecule has 0 saturated carbocycles. The summed E-state index contributed by atoms with van der Waals surface area (Å²) in [4.78, 5) is 20.3. The van der Waals surface area contributed by atoms with Crippen LogP contribution in [-0.2, 0) is 16.4 Å². The minimum atomic E-state index is -4.00. The van der Waals surface area contributed by atoms with Gasteiger partial charge in [0, 0.05) is 17.7 Å². The van der Waals surface area contributed by atoms with Crippen LogP contribution < -0.4 is 10.0 Å². The SMILES string of the molecule is Cc1nc(NC(=O)NS(=O)(=O)c2ccccc2)nc(Cl)c1Cc1ccccc1. The molecule has 0 bridgehead atoms. The number of nitrogens with zero attached hydrogens (tertiary/aromatic N) is 2. The zero-order chi connectivity index (χ0) is 20.1. The number of sulfonamides is 1. The van der Waals surface area contributed by atoms with Crippen LogP contribution in [0.2, 0.25) is 5.15 Å². The van der Waals surface area contributed by atoms with Gasteiger partial charge in [0.2, 0.25) is 5.95 Å². The van der Waals surface area contributed by atoms with Crippen molar-refractivity contribution in [1.29, 1.82) is 0 Å². The molecule has 28 heavy (non-hydrogen) atoms. The number of rotatable bonds is 5. The molecule has 0 atom stereocenters. The number of halogens is 1. The lowest BCUT2D eigenvalue weighted by atomic mass is 10.1. The van der Waals surface area contributed by atoms with E-state index in [4.69, 9.17) is 11.6 Å². The highest BCUT2D eigenvalue weighted by Crippen LogP contribution is 2.21. The van der Waals surface area contributed by atoms with Crippen molar-refractivity contribution < 1.29 is 13.2 Å². The predicted octanol–water partition coefficient (Wildman–Crippen LogP) is 3.54. The normalized spacial score (nSPS) is 11.1. The minimum Gasteiger partial charge on any atom is -0.275 e. The molecule has 3 rings (SSSR count). The number of carbonyl (C=O) groups is 1. The number of aromatic nitrogens is 2. The van der Waals surface area contributed by atoms with Gasteiger partial charge in [0.1, 0.15) is 5.15 Å². The highest BCUT2D eigenvalue weighted by atomic mass is 35.5. The Morgan fingerprint density at radius 1 is 1.00 bits per heavy atom. The lowest BCUT2D eigenvalue weighted by Crippen LogP contribution is -2.35. The second kappa shape index (κ2) is 8.37. The van der Waals surface area contributed by atoms with E-state index in [2.05, 4.69) is 15.3 Å². The number of anilines is 1. The van der Waals surface area contributed by atoms with E-state index < -0.39 is 16.1 Å². The third-order valence-electron chi connectivity index (χ3n) is 3.89. The monoisotopic (exact) mass is 416 g/mol. The van der Waals surface area contributed by atoms with Crippen molar-refractivity contribution in [2.24, 2.45) is 0 Å². The van der Waals surface area contributed by atoms with Gasteiger partial charge in [0.05, 0.1) is 4.90 Å². The molecule has 0 aliphatic rings. The van der Waals surface area contributed by atoms with Gasteiger partial charge in [-0.1, -0.05) is 60.1 Å². The summed E-state index contributed by atoms with van der Waals surface area (Å²) in [7, 11) is -4.00. The van der Waals surface area contributed by atoms with Crippen LogP contribution in [0, 0.1) is 6.92 Å². The van der Waals surface area contributed by atoms with Crippen molar-refractivity contribution in [2.75, 3.05) is 5.32 Å². The Morgan fingerprint density at radius 2 is 1.61 bits per heavy atom. The fraction of sp³-hybridized carbons (Fsp3) is 0.105. The Morgan fingerprint density at radius 3 is 2.21 bits per heavy atom. The van der Waals surface area contributed by atoms with Crippen LogP contribution in [0.1, 0.15) is 16.8 Å². The third-order valence-corrected chi connectivity index (χ3v) is 5.55. The second-order valence-corrected chi connectivity index (χ2v) is 7.98. The molecular weight excluding hydrogens is 400 g/mol. The number of hydrogen-bond donors (Lipinski definition) is 2. The smallest absolute Gasteiger partial charge is 0.275 e. The summed E-state index contributed by atoms with van der Waals surface area (Å²) in [5.41, 5.74) is 2.37. The van der Waals surface area contributed by atoms with Gasteiger partial charge < -0.3 is 0 Å². The summed E-state index contributed by atoms with van der Waals surface area (Å²) in [6.07, 6.45) is 0.542. The van der Waals surface area contributed by atoms with Gasteiger partial charge in [0.15, 0.2) is 0 Å². The highest BCUT2D eigenvalue weighted by Gasteiger charge is 2.19. The summed E-state index contributed by atoms with van der Waals surface area (Å²) < 4.78 is 26.3. The number of nitrogens with one attached hydrogen (secondary N) is 2. The fourth-order valence-electron chi connectivity index (χ4n) is 2.53. The first-order chi connectivity index (χ1) is 13.3. The van der Waals surface area contributed by atoms with Gasteiger partial charge >= 0.3 is 6.03 Å². The van der Waals surface area contributed by atoms with Gasteiger partial charge in [-0.2, -0.15) is 0 Å². The van der Waals surface area contributed by atoms with Crippen LogP contribution in [0.15, 0.2) is 65.6 Å². The van der Waals surface area contributed by atoms with E-state index in [-0.39, 0.29) is 16.0 Å². The minimum absolute atomic E-state index is 0.0292. The van der Waals surface area contributed by atoms with E-state index >= 15 is 0 Å². The zero-order valence-corrected chi connectivity index (χ0v) is 16.5. The first-order valence-corrected chi connectivity index (χ1v) is 10.2. The number of benzene rings is 2. The molecule has 1 heterocycles. The van der Waals surface area contributed by atoms with E-state index in [0.717, 1.165) is 11.1 Å². The molecule has 2 N–H and O–H groups in total. The Kier molecular flexibility index (Phi) is 5.91. The average Bonchev–Trinajstić information content (AvgIpc) is 2.66. The predicted molar refractivity (Wildman–Crippen MR) is 107 cm³/mol. The average molecular weight is 417 g/mol. The Hall–Kier alpha value is -2.97. The van der Waals surface area contributed by atoms with Gasteiger partial charge in [-0.25, -0.2) is 27.9 Å². The maximum Gasteiger partial charge on any atom is 0.335 e. The van der Waals surface area contributed by atoms with Crippen molar-refractivity contribution in [1.82, 2.24) is 14.7 Å². The van der Waals surface area contributed by atoms with Crippen LogP contribution in [0.25, 0.3) is 0 Å². The summed E-state index contributed by atoms with van der Waals surface area (Å²) in [5, 5.41) is 2.50. The van der Waals surface area contributed by atoms with E-state index in [1.807, 2.05) is 35.1 Å². The van der Waals surface area contributed by atoms with Crippen LogP contribution in [0.3, 0.4) is 0 Å². The lowest BCUT2D eigenvalue weighted by Gasteiger charge is -2.11. The molecule has 144 valence electrons. The first-order valence-electron chi connectivity index (χ1n) is 8.31. The molecule has 0 aliphatic heterocycles. The number of amides is 2. The second-order valence-electron chi connectivity index (χ2n) is 5.94. The Balaban J connectivity index is 1.73. The summed E-state index contributed by atoms with van der Waals surface area (Å²) in [6.45, 7) is 1.75. The maximum absolute atomic E-state index is 12.2. The van der Waals surface area contributed by atoms with E-state index in [9.17, 15) is 13.2 Å². The lowest BCUT2D eigenvalue weighted by molar-refractivity contribution is 0.256. The summed E-state index contributed by atoms with van der Waals surface area (Å²) in [6, 6.07) is 16.3. The van der Waals surface area contributed by atoms with E-state index in [1.165, 1.54) is 12.1 Å². The number of aryl methyl sites for hydroxylation is 1. The molecule has 7 nitrogen and oxygen atoms in total. The Labute approximate surface area is 167 Å². The fourth-order valence-corrected chi connectivity index (χ4v) is 3.74. The molecule has 1 aromatic heterocycles. The molecule has 0 aliphatic carbocycles. The van der Waals surface area contributed by atoms with Gasteiger partial charge in [-0.3, -0.25) is 5.32 Å². The van der Waals surface area contributed by atoms with Gasteiger partial charge in [0.25, 0.3) is 10.0 Å². The molecule has 0 spiro atoms. The van der Waals surface area contributed by atoms with Crippen LogP contribution in [-0.4, -0.2) is 24.4 Å². The topological polar surface area (TPSA) is 101 Å². The molecular formula is C19H17ClN4O3S. The number of urea groups is 1. The standard InChI is InChI=1S/C19H17ClN4O3S/c1-13-16(12-14-8-4-2-5-9-14)17(20)22-18(21-13)23-19(25)24-28(26,27)15-10-6-3-7-11-15/h2-11H,12H2,1H3,(H2,21,22,23,24,25). The quantitative estimate of drug-likeness (QED) is 0.619. The molecule has 0 radical (unpaired) electrons. The maximum atomic E-state index is 12.2. The van der Waals surface area contributed by atoms with Gasteiger partial charge in [-0.05, 0) is 24.6 Å². The van der Waals surface area contributed by atoms with Crippen molar-refractivity contribution in [3.05, 3.63) is 82.6 Å². The third kappa shape index (κ3) is 4.85. The van der Waals surface area contributed by atoms with Crippen LogP contribution in [0.4, 0.5) is 10.7 Å². The Bertz CT molecular complexity index is 1070. The van der Waals surface area contributed by atoms with Crippen molar-refractivity contribution in [3.8, 4) is 0 Å². The number of hydrogen-bond acceptors (Lipinski definition) is 5. The van der Waals surface area contributed by atoms with Crippen LogP contribution in [0.5, 0.6) is 0 Å². The molecule has 3 aromatic rings. The van der Waals surface area contributed by atoms with Crippen LogP contribution >= 0.6 is 11.6 Å². The van der Waals surface area contributed by atoms with E-state index in [0.29, 0.717) is 12.1 Å². The van der Waals surface area contributed by atoms with Crippen molar-refractivity contribution >= 4 is 33.6 Å². The van der Waals surface area contributed by atoms with E-state index in [1.54, 1.807) is 25.1 Å². The van der Waals surface area contributed by atoms with Crippen molar-refractivity contribution in [2.45, 2.75) is 18.2 Å². The molecule has 0 saturated heterocycles. The highest BCUT2D eigenvalue weighted by molar-refractivity contribution is 7.90. The molecule has 0 fully saturated rings. The van der Waals surface area contributed by atoms with Crippen molar-refractivity contribution in [3.63, 3.8) is 0 Å². The zero-order valence-electron chi connectivity index (χ0n) is 14.9.